The Morgan fingerprint density at radius 3 is 1.39 bits per heavy atom. The Kier molecular flexibility index (Phi) is 9.30. The van der Waals surface area contributed by atoms with Gasteiger partial charge in [0, 0.05) is 27.9 Å². The van der Waals surface area contributed by atoms with Gasteiger partial charge in [0.2, 0.25) is 0 Å². The Morgan fingerprint density at radius 1 is 0.261 bits per heavy atom. The van der Waals surface area contributed by atoms with Crippen molar-refractivity contribution >= 4 is 38.6 Å². The van der Waals surface area contributed by atoms with Crippen LogP contribution < -0.4 is 4.90 Å². The summed E-state index contributed by atoms with van der Waals surface area (Å²) in [4.78, 5) is 2.39. The standard InChI is InChI=1S/C68H51N/c1-67(2)63-25-11-9-19-58(63)60-42-34-48(43-65(60)67)44-27-35-49(36-28-44)69(51-39-31-47(32-40-51)54-21-13-22-55-52-16-6-5-15-45(52)33-41-57(54)55)50-37-29-46(30-38-50)53-17-7-8-18-56(53)61-23-14-24-62-59-20-10-12-26-64(59)68(3,4)66(61)62/h5-43H,1-4H3. The molecule has 0 unspecified atom stereocenters. The molecule has 69 heavy (non-hydrogen) atoms. The molecule has 1 nitrogen and oxygen atoms in total. The molecule has 0 saturated heterocycles. The molecule has 0 spiro atoms. The zero-order valence-electron chi connectivity index (χ0n) is 39.5. The number of hydrogen-bond donors (Lipinski definition) is 0. The van der Waals surface area contributed by atoms with Gasteiger partial charge in [-0.1, -0.05) is 222 Å². The van der Waals surface area contributed by atoms with Crippen LogP contribution in [0, 0.1) is 0 Å². The Bertz CT molecular complexity index is 3810. The summed E-state index contributed by atoms with van der Waals surface area (Å²) in [5.74, 6) is 0. The van der Waals surface area contributed by atoms with E-state index in [0.717, 1.165) is 17.1 Å². The highest BCUT2D eigenvalue weighted by atomic mass is 15.1. The van der Waals surface area contributed by atoms with Gasteiger partial charge < -0.3 is 4.90 Å². The Hall–Kier alpha value is -8.26. The quantitative estimate of drug-likeness (QED) is 0.144. The first-order chi connectivity index (χ1) is 33.7. The van der Waals surface area contributed by atoms with E-state index in [1.54, 1.807) is 0 Å². The molecule has 0 N–H and O–H groups in total. The molecule has 0 heterocycles. The molecule has 0 saturated carbocycles. The molecule has 0 atom stereocenters. The van der Waals surface area contributed by atoms with E-state index in [9.17, 15) is 0 Å². The van der Waals surface area contributed by atoms with Crippen LogP contribution in [-0.2, 0) is 10.8 Å². The van der Waals surface area contributed by atoms with E-state index < -0.39 is 0 Å². The molecule has 2 aliphatic rings. The molecule has 11 aromatic rings. The minimum atomic E-state index is -0.115. The first-order valence-corrected chi connectivity index (χ1v) is 24.3. The molecule has 2 aliphatic carbocycles. The Labute approximate surface area is 405 Å². The summed E-state index contributed by atoms with van der Waals surface area (Å²) < 4.78 is 0. The highest BCUT2D eigenvalue weighted by Gasteiger charge is 2.38. The fraction of sp³-hybridized carbons (Fsp3) is 0.0882. The van der Waals surface area contributed by atoms with E-state index in [1.807, 2.05) is 0 Å². The van der Waals surface area contributed by atoms with Gasteiger partial charge in [-0.3, -0.25) is 0 Å². The van der Waals surface area contributed by atoms with Gasteiger partial charge >= 0.3 is 0 Å². The normalized spacial score (nSPS) is 13.7. The SMILES string of the molecule is CC1(C)c2ccccc2-c2ccc(-c3ccc(N(c4ccc(-c5ccccc5-c5cccc6c5C(C)(C)c5ccccc5-6)cc4)c4ccc(-c5cccc6c5ccc5ccccc56)cc4)cc3)cc21. The molecule has 0 aliphatic heterocycles. The van der Waals surface area contributed by atoms with E-state index in [-0.39, 0.29) is 10.8 Å². The third-order valence-corrected chi connectivity index (χ3v) is 15.5. The van der Waals surface area contributed by atoms with Crippen LogP contribution in [0.15, 0.2) is 237 Å². The monoisotopic (exact) mass is 881 g/mol. The minimum Gasteiger partial charge on any atom is -0.311 e. The van der Waals surface area contributed by atoms with Crippen LogP contribution in [0.1, 0.15) is 49.9 Å². The van der Waals surface area contributed by atoms with Crippen molar-refractivity contribution in [1.82, 2.24) is 0 Å². The lowest BCUT2D eigenvalue weighted by molar-refractivity contribution is 0.660. The van der Waals surface area contributed by atoms with Crippen molar-refractivity contribution in [2.24, 2.45) is 0 Å². The second-order valence-electron chi connectivity index (χ2n) is 20.0. The fourth-order valence-corrected chi connectivity index (χ4v) is 12.0. The van der Waals surface area contributed by atoms with Gasteiger partial charge in [0.15, 0.2) is 0 Å². The number of benzene rings is 11. The predicted molar refractivity (Wildman–Crippen MR) is 293 cm³/mol. The molecule has 0 amide bonds. The molecule has 328 valence electrons. The van der Waals surface area contributed by atoms with E-state index in [4.69, 9.17) is 0 Å². The maximum Gasteiger partial charge on any atom is 0.0462 e. The molecular formula is C68H51N. The van der Waals surface area contributed by atoms with Gasteiger partial charge in [0.05, 0.1) is 0 Å². The Balaban J connectivity index is 0.890. The van der Waals surface area contributed by atoms with Gasteiger partial charge in [0.25, 0.3) is 0 Å². The van der Waals surface area contributed by atoms with Crippen molar-refractivity contribution in [2.75, 3.05) is 4.90 Å². The van der Waals surface area contributed by atoms with Crippen LogP contribution >= 0.6 is 0 Å². The summed E-state index contributed by atoms with van der Waals surface area (Å²) in [6.07, 6.45) is 0. The predicted octanol–water partition coefficient (Wildman–Crippen LogP) is 18.7. The maximum absolute atomic E-state index is 2.41. The van der Waals surface area contributed by atoms with E-state index in [0.29, 0.717) is 0 Å². The zero-order chi connectivity index (χ0) is 46.4. The van der Waals surface area contributed by atoms with Crippen LogP contribution in [0.4, 0.5) is 17.1 Å². The van der Waals surface area contributed by atoms with Gasteiger partial charge in [-0.05, 0) is 153 Å². The van der Waals surface area contributed by atoms with E-state index in [1.165, 1.54) is 111 Å². The van der Waals surface area contributed by atoms with Gasteiger partial charge in [-0.25, -0.2) is 0 Å². The summed E-state index contributed by atoms with van der Waals surface area (Å²) in [7, 11) is 0. The smallest absolute Gasteiger partial charge is 0.0462 e. The summed E-state index contributed by atoms with van der Waals surface area (Å²) in [5.41, 5.74) is 23.9. The number of hydrogen-bond acceptors (Lipinski definition) is 1. The topological polar surface area (TPSA) is 3.24 Å². The Morgan fingerprint density at radius 2 is 0.710 bits per heavy atom. The minimum absolute atomic E-state index is 0.0546. The summed E-state index contributed by atoms with van der Waals surface area (Å²) in [6.45, 7) is 9.46. The number of rotatable bonds is 7. The van der Waals surface area contributed by atoms with Crippen molar-refractivity contribution in [2.45, 2.75) is 38.5 Å². The fourth-order valence-electron chi connectivity index (χ4n) is 12.0. The van der Waals surface area contributed by atoms with Crippen LogP contribution in [-0.4, -0.2) is 0 Å². The summed E-state index contributed by atoms with van der Waals surface area (Å²) >= 11 is 0. The average molecular weight is 882 g/mol. The molecule has 0 bridgehead atoms. The molecule has 11 aromatic carbocycles. The number of fused-ring (bicyclic) bond motifs is 9. The largest absolute Gasteiger partial charge is 0.311 e. The second-order valence-corrected chi connectivity index (χ2v) is 20.0. The first-order valence-electron chi connectivity index (χ1n) is 24.3. The summed E-state index contributed by atoms with van der Waals surface area (Å²) in [5, 5.41) is 5.09. The van der Waals surface area contributed by atoms with Gasteiger partial charge in [-0.2, -0.15) is 0 Å². The third kappa shape index (κ3) is 6.45. The van der Waals surface area contributed by atoms with Crippen molar-refractivity contribution in [3.63, 3.8) is 0 Å². The highest BCUT2D eigenvalue weighted by Crippen LogP contribution is 2.54. The lowest BCUT2D eigenvalue weighted by atomic mass is 9.78. The molecule has 1 heteroatoms. The van der Waals surface area contributed by atoms with E-state index >= 15 is 0 Å². The average Bonchev–Trinajstić information content (AvgIpc) is 3.78. The van der Waals surface area contributed by atoms with Crippen LogP contribution in [0.3, 0.4) is 0 Å². The van der Waals surface area contributed by atoms with Gasteiger partial charge in [0.1, 0.15) is 0 Å². The van der Waals surface area contributed by atoms with E-state index in [2.05, 4.69) is 269 Å². The lowest BCUT2D eigenvalue weighted by Crippen LogP contribution is -2.16. The third-order valence-electron chi connectivity index (χ3n) is 15.5. The maximum atomic E-state index is 2.41. The zero-order valence-corrected chi connectivity index (χ0v) is 39.5. The molecule has 0 radical (unpaired) electrons. The second kappa shape index (κ2) is 15.7. The molecule has 13 rings (SSSR count). The van der Waals surface area contributed by atoms with Gasteiger partial charge in [-0.15, -0.1) is 0 Å². The molecular weight excluding hydrogens is 831 g/mol. The van der Waals surface area contributed by atoms with Crippen molar-refractivity contribution < 1.29 is 0 Å². The van der Waals surface area contributed by atoms with Crippen LogP contribution in [0.25, 0.3) is 88.3 Å². The molecule has 0 fully saturated rings. The molecule has 0 aromatic heterocycles. The van der Waals surface area contributed by atoms with Crippen molar-refractivity contribution in [1.29, 1.82) is 0 Å². The summed E-state index contributed by atoms with van der Waals surface area (Å²) in [6, 6.07) is 88.0. The number of anilines is 3. The van der Waals surface area contributed by atoms with Crippen molar-refractivity contribution in [3.8, 4) is 66.8 Å². The van der Waals surface area contributed by atoms with Crippen LogP contribution in [0.5, 0.6) is 0 Å². The highest BCUT2D eigenvalue weighted by molar-refractivity contribution is 6.12. The first kappa shape index (κ1) is 41.0. The van der Waals surface area contributed by atoms with Crippen molar-refractivity contribution in [3.05, 3.63) is 259 Å². The lowest BCUT2D eigenvalue weighted by Gasteiger charge is -2.27. The number of nitrogens with zero attached hydrogens (tertiary/aromatic N) is 1. The van der Waals surface area contributed by atoms with Crippen LogP contribution in [0.2, 0.25) is 0 Å².